The van der Waals surface area contributed by atoms with E-state index in [-0.39, 0.29) is 13.1 Å². The maximum atomic E-state index is 11.9. The normalized spacial score (nSPS) is 16.5. The maximum absolute atomic E-state index is 11.9. The Bertz CT molecular complexity index is 594. The number of carbonyl (C=O) groups excluding carboxylic acids is 1. The molecular weight excluding hydrogens is 296 g/mol. The summed E-state index contributed by atoms with van der Waals surface area (Å²) in [6, 6.07) is 7.40. The average molecular weight is 314 g/mol. The van der Waals surface area contributed by atoms with Crippen LogP contribution in [0.25, 0.3) is 0 Å². The van der Waals surface area contributed by atoms with Crippen LogP contribution in [-0.4, -0.2) is 52.1 Å². The van der Waals surface area contributed by atoms with E-state index in [0.717, 1.165) is 12.8 Å². The molecule has 0 bridgehead atoms. The number of nitrogens with two attached hydrogens (primary N) is 1. The number of carbonyl (C=O) groups is 1. The lowest BCUT2D eigenvalue weighted by Gasteiger charge is -2.35. The summed E-state index contributed by atoms with van der Waals surface area (Å²) in [4.78, 5) is 13.1. The molecule has 0 atom stereocenters. The molecule has 1 aliphatic rings. The van der Waals surface area contributed by atoms with Crippen LogP contribution in [0, 0.1) is 0 Å². The van der Waals surface area contributed by atoms with Gasteiger partial charge in [0.25, 0.3) is 0 Å². The van der Waals surface area contributed by atoms with Gasteiger partial charge in [0.2, 0.25) is 0 Å². The van der Waals surface area contributed by atoms with E-state index >= 15 is 0 Å². The Hall–Kier alpha value is -2.00. The number of benzene rings is 1. The topological polar surface area (TPSA) is 105 Å². The van der Waals surface area contributed by atoms with Gasteiger partial charge in [-0.15, -0.1) is 0 Å². The second-order valence-electron chi connectivity index (χ2n) is 4.58. The van der Waals surface area contributed by atoms with E-state index in [2.05, 4.69) is 9.64 Å². The van der Waals surface area contributed by atoms with Gasteiger partial charge in [-0.2, -0.15) is 12.7 Å². The number of hydrogen-bond donors (Lipinski definition) is 2. The summed E-state index contributed by atoms with van der Waals surface area (Å²) < 4.78 is 31.2. The molecule has 1 aromatic rings. The Kier molecular flexibility index (Phi) is 4.53. The smallest absolute Gasteiger partial charge is 0.421 e. The highest BCUT2D eigenvalue weighted by molar-refractivity contribution is 7.87. The predicted octanol–water partition coefficient (Wildman–Crippen LogP) is -0.00840. The first-order valence-corrected chi connectivity index (χ1v) is 7.83. The minimum atomic E-state index is -3.84. The average Bonchev–Trinajstić information content (AvgIpc) is 2.47. The quantitative estimate of drug-likeness (QED) is 0.760. The number of nitrogen functional groups attached to an aromatic ring is 1. The van der Waals surface area contributed by atoms with Crippen molar-refractivity contribution in [3.8, 4) is 0 Å². The van der Waals surface area contributed by atoms with E-state index in [1.165, 1.54) is 4.31 Å². The molecule has 21 heavy (non-hydrogen) atoms. The van der Waals surface area contributed by atoms with Gasteiger partial charge in [-0.1, -0.05) is 0 Å². The van der Waals surface area contributed by atoms with Gasteiger partial charge in [-0.25, -0.2) is 9.52 Å². The van der Waals surface area contributed by atoms with Crippen LogP contribution in [0.2, 0.25) is 0 Å². The van der Waals surface area contributed by atoms with Crippen molar-refractivity contribution in [2.45, 2.75) is 0 Å². The summed E-state index contributed by atoms with van der Waals surface area (Å²) in [5, 5.41) is 0. The van der Waals surface area contributed by atoms with Crippen LogP contribution in [0.1, 0.15) is 0 Å². The molecule has 0 aliphatic carbocycles. The number of methoxy groups -OCH3 is 1. The van der Waals surface area contributed by atoms with Crippen LogP contribution in [0.15, 0.2) is 24.3 Å². The van der Waals surface area contributed by atoms with Crippen molar-refractivity contribution >= 4 is 27.7 Å². The van der Waals surface area contributed by atoms with Crippen molar-refractivity contribution in [2.75, 3.05) is 43.9 Å². The summed E-state index contributed by atoms with van der Waals surface area (Å²) >= 11 is 0. The lowest BCUT2D eigenvalue weighted by Crippen LogP contribution is -2.53. The number of nitrogens with zero attached hydrogens (tertiary/aromatic N) is 2. The molecule has 8 nitrogen and oxygen atoms in total. The van der Waals surface area contributed by atoms with Crippen LogP contribution in [0.4, 0.5) is 16.2 Å². The van der Waals surface area contributed by atoms with Gasteiger partial charge >= 0.3 is 16.3 Å². The first-order valence-electron chi connectivity index (χ1n) is 6.39. The van der Waals surface area contributed by atoms with Crippen molar-refractivity contribution in [1.29, 1.82) is 0 Å². The minimum absolute atomic E-state index is 0.288. The van der Waals surface area contributed by atoms with Crippen LogP contribution in [0.3, 0.4) is 0 Å². The summed E-state index contributed by atoms with van der Waals surface area (Å²) in [6.45, 7) is 1.64. The van der Waals surface area contributed by atoms with Gasteiger partial charge in [0.1, 0.15) is 0 Å². The third-order valence-electron chi connectivity index (χ3n) is 3.23. The van der Waals surface area contributed by atoms with Gasteiger partial charge in [0, 0.05) is 37.6 Å². The van der Waals surface area contributed by atoms with E-state index in [4.69, 9.17) is 5.73 Å². The molecule has 116 valence electrons. The maximum Gasteiger partial charge on any atom is 0.421 e. The Labute approximate surface area is 123 Å². The van der Waals surface area contributed by atoms with Crippen molar-refractivity contribution in [2.24, 2.45) is 0 Å². The number of nitrogens with one attached hydrogen (secondary N) is 1. The predicted molar refractivity (Wildman–Crippen MR) is 79.1 cm³/mol. The molecule has 1 saturated heterocycles. The van der Waals surface area contributed by atoms with E-state index < -0.39 is 16.3 Å². The third-order valence-corrected chi connectivity index (χ3v) is 4.70. The van der Waals surface area contributed by atoms with Gasteiger partial charge < -0.3 is 15.4 Å². The van der Waals surface area contributed by atoms with E-state index in [9.17, 15) is 13.2 Å². The highest BCUT2D eigenvalue weighted by Crippen LogP contribution is 2.18. The second-order valence-corrected chi connectivity index (χ2v) is 6.25. The van der Waals surface area contributed by atoms with E-state index in [1.807, 2.05) is 16.9 Å². The zero-order chi connectivity index (χ0) is 15.5. The lowest BCUT2D eigenvalue weighted by atomic mass is 10.2. The monoisotopic (exact) mass is 314 g/mol. The summed E-state index contributed by atoms with van der Waals surface area (Å²) in [5.74, 6) is 0. The molecule has 1 fully saturated rings. The van der Waals surface area contributed by atoms with Crippen molar-refractivity contribution in [3.05, 3.63) is 24.3 Å². The third kappa shape index (κ3) is 3.76. The van der Waals surface area contributed by atoms with Gasteiger partial charge in [0.15, 0.2) is 0 Å². The number of rotatable bonds is 3. The molecule has 0 spiro atoms. The fraction of sp³-hybridized carbons (Fsp3) is 0.417. The SMILES string of the molecule is COC(=O)NS(=O)(=O)N1CCN(c2ccc(N)cc2)CC1. The summed E-state index contributed by atoms with van der Waals surface area (Å²) in [5.41, 5.74) is 7.31. The molecule has 1 amide bonds. The largest absolute Gasteiger partial charge is 0.452 e. The molecule has 0 unspecified atom stereocenters. The standard InChI is InChI=1S/C12H18N4O4S/c1-20-12(17)14-21(18,19)16-8-6-15(7-9-16)11-4-2-10(13)3-5-11/h2-5H,6-9,13H2,1H3,(H,14,17). The molecule has 1 heterocycles. The van der Waals surface area contributed by atoms with Gasteiger partial charge in [0.05, 0.1) is 7.11 Å². The fourth-order valence-corrected chi connectivity index (χ4v) is 3.15. The first kappa shape index (κ1) is 15.4. The zero-order valence-electron chi connectivity index (χ0n) is 11.7. The van der Waals surface area contributed by atoms with Crippen molar-refractivity contribution in [3.63, 3.8) is 0 Å². The number of ether oxygens (including phenoxy) is 1. The first-order chi connectivity index (χ1) is 9.92. The molecule has 3 N–H and O–H groups in total. The van der Waals surface area contributed by atoms with Crippen molar-refractivity contribution < 1.29 is 17.9 Å². The molecule has 2 rings (SSSR count). The molecule has 1 aromatic carbocycles. The summed E-state index contributed by atoms with van der Waals surface area (Å²) in [6.07, 6.45) is -0.990. The molecule has 1 aliphatic heterocycles. The number of piperazine rings is 1. The molecule has 0 saturated carbocycles. The Morgan fingerprint density at radius 1 is 1.19 bits per heavy atom. The Morgan fingerprint density at radius 2 is 1.76 bits per heavy atom. The van der Waals surface area contributed by atoms with Gasteiger partial charge in [-0.05, 0) is 24.3 Å². The van der Waals surface area contributed by atoms with Crippen LogP contribution >= 0.6 is 0 Å². The second kappa shape index (κ2) is 6.19. The zero-order valence-corrected chi connectivity index (χ0v) is 12.5. The van der Waals surface area contributed by atoms with E-state index in [0.29, 0.717) is 18.8 Å². The Morgan fingerprint density at radius 3 is 2.29 bits per heavy atom. The number of anilines is 2. The van der Waals surface area contributed by atoms with Gasteiger partial charge in [-0.3, -0.25) is 0 Å². The highest BCUT2D eigenvalue weighted by atomic mass is 32.2. The fourth-order valence-electron chi connectivity index (χ4n) is 2.08. The van der Waals surface area contributed by atoms with E-state index in [1.54, 1.807) is 12.1 Å². The molecule has 0 radical (unpaired) electrons. The van der Waals surface area contributed by atoms with Crippen LogP contribution < -0.4 is 15.4 Å². The Balaban J connectivity index is 1.97. The van der Waals surface area contributed by atoms with Crippen LogP contribution in [0.5, 0.6) is 0 Å². The van der Waals surface area contributed by atoms with Crippen LogP contribution in [-0.2, 0) is 14.9 Å². The molecule has 9 heteroatoms. The molecular formula is C12H18N4O4S. The van der Waals surface area contributed by atoms with Crippen molar-refractivity contribution in [1.82, 2.24) is 9.03 Å². The number of amides is 1. The number of hydrogen-bond acceptors (Lipinski definition) is 6. The molecule has 0 aromatic heterocycles. The highest BCUT2D eigenvalue weighted by Gasteiger charge is 2.28. The summed E-state index contributed by atoms with van der Waals surface area (Å²) in [7, 11) is -2.73. The lowest BCUT2D eigenvalue weighted by molar-refractivity contribution is 0.177. The minimum Gasteiger partial charge on any atom is -0.452 e.